The number of fused-ring (bicyclic) bond motifs is 1. The third-order valence-corrected chi connectivity index (χ3v) is 5.61. The van der Waals surface area contributed by atoms with E-state index >= 15 is 0 Å². The first-order valence-corrected chi connectivity index (χ1v) is 8.25. The van der Waals surface area contributed by atoms with E-state index in [2.05, 4.69) is 4.98 Å². The Morgan fingerprint density at radius 1 is 1.43 bits per heavy atom. The smallest absolute Gasteiger partial charge is 0.319 e. The second-order valence-electron chi connectivity index (χ2n) is 6.38. The van der Waals surface area contributed by atoms with Crippen LogP contribution in [0.5, 0.6) is 0 Å². The highest BCUT2D eigenvalue weighted by Crippen LogP contribution is 2.45. The van der Waals surface area contributed by atoms with Gasteiger partial charge in [-0.3, -0.25) is 4.79 Å². The number of carbonyl (C=O) groups is 2. The first kappa shape index (κ1) is 16.0. The number of thiazole rings is 1. The van der Waals surface area contributed by atoms with E-state index in [4.69, 9.17) is 5.11 Å². The van der Waals surface area contributed by atoms with E-state index < -0.39 is 11.4 Å². The van der Waals surface area contributed by atoms with E-state index in [0.717, 1.165) is 5.13 Å². The minimum atomic E-state index is -0.948. The molecule has 0 aliphatic carbocycles. The number of hydrogen-bond donors (Lipinski definition) is 2. The van der Waals surface area contributed by atoms with Gasteiger partial charge in [0.1, 0.15) is 5.41 Å². The van der Waals surface area contributed by atoms with E-state index in [1.165, 1.54) is 16.2 Å². The van der Waals surface area contributed by atoms with Crippen LogP contribution in [0.1, 0.15) is 5.69 Å². The standard InChI is InChI=1S/C14H20N4O4S/c1-16(2)13(22)18-4-9-3-17(7-14(9,8-18)11(20)21)12-15-10(5-19)6-23-12/h6,9,19H,3-5,7-8H2,1-2H3,(H,20,21)/t9-,14-/m0/s1. The normalized spacial score (nSPS) is 26.5. The molecule has 2 atom stereocenters. The number of aliphatic hydroxyl groups excluding tert-OH is 1. The van der Waals surface area contributed by atoms with Crippen LogP contribution >= 0.6 is 11.3 Å². The van der Waals surface area contributed by atoms with Crippen molar-refractivity contribution in [2.45, 2.75) is 6.61 Å². The van der Waals surface area contributed by atoms with Gasteiger partial charge < -0.3 is 24.9 Å². The number of carbonyl (C=O) groups excluding carboxylic acids is 1. The van der Waals surface area contributed by atoms with Crippen LogP contribution in [0.3, 0.4) is 0 Å². The molecule has 3 rings (SSSR count). The third-order valence-electron chi connectivity index (χ3n) is 4.66. The lowest BCUT2D eigenvalue weighted by atomic mass is 9.81. The summed E-state index contributed by atoms with van der Waals surface area (Å²) in [7, 11) is 3.34. The van der Waals surface area contributed by atoms with Crippen LogP contribution in [-0.4, -0.2) is 77.3 Å². The molecule has 0 radical (unpaired) electrons. The Balaban J connectivity index is 1.81. The highest BCUT2D eigenvalue weighted by atomic mass is 32.1. The van der Waals surface area contributed by atoms with Crippen LogP contribution in [0.4, 0.5) is 9.93 Å². The molecule has 3 heterocycles. The summed E-state index contributed by atoms with van der Waals surface area (Å²) < 4.78 is 0. The minimum absolute atomic E-state index is 0.120. The van der Waals surface area contributed by atoms with Crippen LogP contribution < -0.4 is 4.90 Å². The molecule has 2 aliphatic heterocycles. The van der Waals surface area contributed by atoms with E-state index in [0.29, 0.717) is 25.3 Å². The number of carboxylic acid groups (broad SMARTS) is 1. The summed E-state index contributed by atoms with van der Waals surface area (Å²) in [6.07, 6.45) is 0. The Kier molecular flexibility index (Phi) is 3.93. The lowest BCUT2D eigenvalue weighted by Gasteiger charge is -2.26. The fraction of sp³-hybridized carbons (Fsp3) is 0.643. The van der Waals surface area contributed by atoms with Gasteiger partial charge in [0.15, 0.2) is 5.13 Å². The Morgan fingerprint density at radius 2 is 2.17 bits per heavy atom. The molecule has 8 nitrogen and oxygen atoms in total. The first-order chi connectivity index (χ1) is 10.9. The van der Waals surface area contributed by atoms with E-state index in [1.807, 2.05) is 4.90 Å². The van der Waals surface area contributed by atoms with E-state index in [-0.39, 0.29) is 25.1 Å². The van der Waals surface area contributed by atoms with Gasteiger partial charge in [-0.15, -0.1) is 11.3 Å². The molecule has 0 saturated carbocycles. The molecule has 0 unspecified atom stereocenters. The number of amides is 2. The molecular formula is C14H20N4O4S. The van der Waals surface area contributed by atoms with Crippen molar-refractivity contribution in [1.82, 2.24) is 14.8 Å². The minimum Gasteiger partial charge on any atom is -0.481 e. The van der Waals surface area contributed by atoms with Crippen LogP contribution in [-0.2, 0) is 11.4 Å². The van der Waals surface area contributed by atoms with Crippen molar-refractivity contribution < 1.29 is 19.8 Å². The maximum Gasteiger partial charge on any atom is 0.319 e. The molecule has 0 aromatic carbocycles. The molecule has 126 valence electrons. The molecular weight excluding hydrogens is 320 g/mol. The summed E-state index contributed by atoms with van der Waals surface area (Å²) in [5, 5.41) is 21.4. The molecule has 2 amide bonds. The highest BCUT2D eigenvalue weighted by molar-refractivity contribution is 7.13. The summed E-state index contributed by atoms with van der Waals surface area (Å²) >= 11 is 1.41. The zero-order valence-corrected chi connectivity index (χ0v) is 13.9. The van der Waals surface area contributed by atoms with Crippen molar-refractivity contribution in [3.05, 3.63) is 11.1 Å². The van der Waals surface area contributed by atoms with Crippen molar-refractivity contribution in [2.24, 2.45) is 11.3 Å². The Hall–Kier alpha value is -1.87. The topological polar surface area (TPSA) is 97.2 Å². The van der Waals surface area contributed by atoms with Crippen LogP contribution in [0.15, 0.2) is 5.38 Å². The molecule has 2 saturated heterocycles. The molecule has 0 bridgehead atoms. The van der Waals surface area contributed by atoms with E-state index in [1.54, 1.807) is 24.4 Å². The van der Waals surface area contributed by atoms with Gasteiger partial charge in [-0.1, -0.05) is 0 Å². The fourth-order valence-corrected chi connectivity index (χ4v) is 4.28. The molecule has 2 aliphatic rings. The maximum atomic E-state index is 12.1. The number of aliphatic carboxylic acids is 1. The number of anilines is 1. The SMILES string of the molecule is CN(C)C(=O)N1C[C@@H]2CN(c3nc(CO)cs3)C[C@]2(C(=O)O)C1. The summed E-state index contributed by atoms with van der Waals surface area (Å²) in [5.74, 6) is -0.983. The number of aliphatic hydroxyl groups is 1. The highest BCUT2D eigenvalue weighted by Gasteiger charge is 2.59. The number of rotatable bonds is 3. The third kappa shape index (κ3) is 2.53. The average molecular weight is 340 g/mol. The second kappa shape index (κ2) is 5.64. The lowest BCUT2D eigenvalue weighted by molar-refractivity contribution is -0.148. The van der Waals surface area contributed by atoms with Crippen LogP contribution in [0, 0.1) is 11.3 Å². The van der Waals surface area contributed by atoms with Crippen molar-refractivity contribution in [1.29, 1.82) is 0 Å². The number of likely N-dealkylation sites (tertiary alicyclic amines) is 1. The number of hydrogen-bond acceptors (Lipinski definition) is 6. The van der Waals surface area contributed by atoms with Gasteiger partial charge in [0.25, 0.3) is 0 Å². The predicted molar refractivity (Wildman–Crippen MR) is 84.5 cm³/mol. The van der Waals surface area contributed by atoms with Gasteiger partial charge in [0.2, 0.25) is 0 Å². The molecule has 0 spiro atoms. The van der Waals surface area contributed by atoms with Gasteiger partial charge in [-0.2, -0.15) is 0 Å². The molecule has 2 N–H and O–H groups in total. The Bertz CT molecular complexity index is 634. The van der Waals surface area contributed by atoms with Crippen molar-refractivity contribution in [2.75, 3.05) is 45.2 Å². The number of aromatic nitrogens is 1. The number of nitrogens with zero attached hydrogens (tertiary/aromatic N) is 4. The number of urea groups is 1. The zero-order valence-electron chi connectivity index (χ0n) is 13.1. The van der Waals surface area contributed by atoms with Crippen LogP contribution in [0.2, 0.25) is 0 Å². The molecule has 1 aromatic heterocycles. The predicted octanol–water partition coefficient (Wildman–Crippen LogP) is 0.140. The van der Waals surface area contributed by atoms with Crippen molar-refractivity contribution in [3.8, 4) is 0 Å². The molecule has 2 fully saturated rings. The molecule has 23 heavy (non-hydrogen) atoms. The monoisotopic (exact) mass is 340 g/mol. The van der Waals surface area contributed by atoms with Gasteiger partial charge in [-0.05, 0) is 0 Å². The Labute approximate surface area is 137 Å². The summed E-state index contributed by atoms with van der Waals surface area (Å²) in [6.45, 7) is 1.43. The van der Waals surface area contributed by atoms with Gasteiger partial charge in [0, 0.05) is 51.6 Å². The van der Waals surface area contributed by atoms with E-state index in [9.17, 15) is 14.7 Å². The summed E-state index contributed by atoms with van der Waals surface area (Å²) in [6, 6.07) is -0.150. The quantitative estimate of drug-likeness (QED) is 0.812. The van der Waals surface area contributed by atoms with Crippen molar-refractivity contribution >= 4 is 28.5 Å². The zero-order chi connectivity index (χ0) is 16.8. The largest absolute Gasteiger partial charge is 0.481 e. The van der Waals surface area contributed by atoms with Crippen LogP contribution in [0.25, 0.3) is 0 Å². The summed E-state index contributed by atoms with van der Waals surface area (Å²) in [5.41, 5.74) is -0.354. The van der Waals surface area contributed by atoms with Gasteiger partial charge in [-0.25, -0.2) is 9.78 Å². The molecule has 9 heteroatoms. The van der Waals surface area contributed by atoms with Gasteiger partial charge >= 0.3 is 12.0 Å². The van der Waals surface area contributed by atoms with Crippen molar-refractivity contribution in [3.63, 3.8) is 0 Å². The first-order valence-electron chi connectivity index (χ1n) is 7.37. The Morgan fingerprint density at radius 3 is 2.70 bits per heavy atom. The lowest BCUT2D eigenvalue weighted by Crippen LogP contribution is -2.44. The maximum absolute atomic E-state index is 12.1. The fourth-order valence-electron chi connectivity index (χ4n) is 3.46. The number of carboxylic acids is 1. The van der Waals surface area contributed by atoms with Gasteiger partial charge in [0.05, 0.1) is 12.3 Å². The average Bonchev–Trinajstić information content (AvgIpc) is 3.17. The second-order valence-corrected chi connectivity index (χ2v) is 7.21. The molecule has 1 aromatic rings. The summed E-state index contributed by atoms with van der Waals surface area (Å²) in [4.78, 5) is 33.5.